The maximum atomic E-state index is 10.5. The predicted molar refractivity (Wildman–Crippen MR) is 86.6 cm³/mol. The van der Waals surface area contributed by atoms with E-state index in [0.717, 1.165) is 45.4 Å². The van der Waals surface area contributed by atoms with Crippen LogP contribution in [0.2, 0.25) is 6.32 Å². The topological polar surface area (TPSA) is 116 Å². The summed E-state index contributed by atoms with van der Waals surface area (Å²) in [6.45, 7) is 4.52. The van der Waals surface area contributed by atoms with Crippen molar-refractivity contribution in [1.29, 1.82) is 0 Å². The summed E-state index contributed by atoms with van der Waals surface area (Å²) in [5.41, 5.74) is 5.46. The van der Waals surface area contributed by atoms with Crippen LogP contribution >= 0.6 is 0 Å². The van der Waals surface area contributed by atoms with Crippen molar-refractivity contribution in [2.75, 3.05) is 26.8 Å². The molecule has 0 aromatic rings. The average Bonchev–Trinajstić information content (AvgIpc) is 2.90. The number of hydrogen-bond donors (Lipinski definition) is 4. The number of aliphatic carboxylic acids is 1. The molecule has 1 saturated heterocycles. The molecule has 22 heavy (non-hydrogen) atoms. The monoisotopic (exact) mass is 318 g/mol. The Hall–Kier alpha value is -0.665. The predicted octanol–water partition coefficient (Wildman–Crippen LogP) is 0.159. The van der Waals surface area contributed by atoms with Crippen molar-refractivity contribution in [3.05, 3.63) is 0 Å². The van der Waals surface area contributed by atoms with Crippen molar-refractivity contribution in [2.24, 2.45) is 5.73 Å². The summed E-state index contributed by atoms with van der Waals surface area (Å²) in [6, 6.07) is -0.301. The first-order valence-electron chi connectivity index (χ1n) is 7.99. The van der Waals surface area contributed by atoms with Crippen LogP contribution in [0.15, 0.2) is 0 Å². The number of nitrogens with zero attached hydrogens (tertiary/aromatic N) is 1. The highest BCUT2D eigenvalue weighted by atomic mass is 16.5. The highest BCUT2D eigenvalue weighted by molar-refractivity contribution is 6.40. The van der Waals surface area contributed by atoms with Crippen LogP contribution in [0.4, 0.5) is 0 Å². The number of carbonyl (C=O) groups is 1. The maximum absolute atomic E-state index is 10.5. The van der Waals surface area contributed by atoms with Gasteiger partial charge in [-0.05, 0) is 32.1 Å². The molecule has 0 aliphatic carbocycles. The standard InChI is InChI=1S/C10H20N2O3.C4H11BO2/c1-15-7-8-3-2-5-12(8)6-4-9(11)10(13)14;1-2-3-4-5(6)7/h8-9H,2-7,11H2,1H3,(H,13,14);6-7H,2-4H2,1H3/t8-,9-;/m1./s1. The van der Waals surface area contributed by atoms with E-state index in [0.29, 0.717) is 18.8 Å². The Morgan fingerprint density at radius 2 is 2.18 bits per heavy atom. The molecule has 1 rings (SSSR count). The summed E-state index contributed by atoms with van der Waals surface area (Å²) >= 11 is 0. The van der Waals surface area contributed by atoms with E-state index >= 15 is 0 Å². The lowest BCUT2D eigenvalue weighted by Gasteiger charge is -2.24. The van der Waals surface area contributed by atoms with Crippen LogP contribution in [0, 0.1) is 0 Å². The first-order chi connectivity index (χ1) is 10.4. The summed E-state index contributed by atoms with van der Waals surface area (Å²) in [5, 5.41) is 25.1. The fourth-order valence-electron chi connectivity index (χ4n) is 2.39. The third-order valence-corrected chi connectivity index (χ3v) is 3.72. The lowest BCUT2D eigenvalue weighted by Crippen LogP contribution is -2.38. The molecular weight excluding hydrogens is 287 g/mol. The van der Waals surface area contributed by atoms with Crippen LogP contribution in [0.3, 0.4) is 0 Å². The van der Waals surface area contributed by atoms with Gasteiger partial charge in [-0.25, -0.2) is 0 Å². The summed E-state index contributed by atoms with van der Waals surface area (Å²) < 4.78 is 5.12. The summed E-state index contributed by atoms with van der Waals surface area (Å²) in [6.07, 6.45) is 5.24. The van der Waals surface area contributed by atoms with Crippen molar-refractivity contribution in [2.45, 2.75) is 57.4 Å². The van der Waals surface area contributed by atoms with Crippen LogP contribution in [0.25, 0.3) is 0 Å². The largest absolute Gasteiger partial charge is 0.480 e. The second-order valence-electron chi connectivity index (χ2n) is 5.64. The third kappa shape index (κ3) is 10.1. The molecule has 7 nitrogen and oxygen atoms in total. The molecule has 1 aliphatic rings. The van der Waals surface area contributed by atoms with Crippen LogP contribution < -0.4 is 5.73 Å². The molecular formula is C14H31BN2O5. The molecule has 0 saturated carbocycles. The van der Waals surface area contributed by atoms with Gasteiger partial charge < -0.3 is 25.6 Å². The molecule has 5 N–H and O–H groups in total. The van der Waals surface area contributed by atoms with Gasteiger partial charge in [0.25, 0.3) is 0 Å². The molecule has 0 amide bonds. The van der Waals surface area contributed by atoms with E-state index in [1.54, 1.807) is 7.11 Å². The van der Waals surface area contributed by atoms with Gasteiger partial charge >= 0.3 is 13.1 Å². The zero-order chi connectivity index (χ0) is 17.0. The number of carboxylic acid groups (broad SMARTS) is 1. The summed E-state index contributed by atoms with van der Waals surface area (Å²) in [5.74, 6) is -0.919. The molecule has 0 spiro atoms. The molecule has 0 unspecified atom stereocenters. The van der Waals surface area contributed by atoms with Crippen LogP contribution in [0.5, 0.6) is 0 Å². The Kier molecular flexibility index (Phi) is 12.4. The Labute approximate surface area is 133 Å². The van der Waals surface area contributed by atoms with Gasteiger partial charge in [0.15, 0.2) is 0 Å². The van der Waals surface area contributed by atoms with Gasteiger partial charge in [-0.3, -0.25) is 9.69 Å². The van der Waals surface area contributed by atoms with Gasteiger partial charge in [-0.1, -0.05) is 19.8 Å². The second kappa shape index (κ2) is 12.8. The summed E-state index contributed by atoms with van der Waals surface area (Å²) in [4.78, 5) is 12.8. The maximum Gasteiger partial charge on any atom is 0.451 e. The average molecular weight is 318 g/mol. The highest BCUT2D eigenvalue weighted by Gasteiger charge is 2.25. The molecule has 1 fully saturated rings. The molecule has 0 aromatic carbocycles. The normalized spacial score (nSPS) is 19.4. The van der Waals surface area contributed by atoms with Gasteiger partial charge in [-0.15, -0.1) is 0 Å². The van der Waals surface area contributed by atoms with Gasteiger partial charge in [0.2, 0.25) is 0 Å². The zero-order valence-electron chi connectivity index (χ0n) is 13.8. The van der Waals surface area contributed by atoms with E-state index < -0.39 is 19.1 Å². The van der Waals surface area contributed by atoms with Gasteiger partial charge in [0.1, 0.15) is 6.04 Å². The van der Waals surface area contributed by atoms with Crippen LogP contribution in [-0.2, 0) is 9.53 Å². The van der Waals surface area contributed by atoms with Crippen LogP contribution in [0.1, 0.15) is 39.0 Å². The fraction of sp³-hybridized carbons (Fsp3) is 0.929. The smallest absolute Gasteiger partial charge is 0.451 e. The number of unbranched alkanes of at least 4 members (excludes halogenated alkanes) is 1. The lowest BCUT2D eigenvalue weighted by atomic mass is 9.84. The zero-order valence-corrected chi connectivity index (χ0v) is 13.8. The quantitative estimate of drug-likeness (QED) is 0.447. The SMILES string of the molecule is CCCCB(O)O.COC[C@H]1CCCN1CC[C@@H](N)C(=O)O. The van der Waals surface area contributed by atoms with E-state index in [9.17, 15) is 4.79 Å². The number of likely N-dealkylation sites (tertiary alicyclic amines) is 1. The molecule has 1 heterocycles. The van der Waals surface area contributed by atoms with Crippen molar-refractivity contribution in [3.63, 3.8) is 0 Å². The summed E-state index contributed by atoms with van der Waals surface area (Å²) in [7, 11) is 0.597. The number of rotatable bonds is 9. The van der Waals surface area contributed by atoms with Crippen molar-refractivity contribution < 1.29 is 24.7 Å². The second-order valence-corrected chi connectivity index (χ2v) is 5.64. The van der Waals surface area contributed by atoms with Crippen molar-refractivity contribution in [3.8, 4) is 0 Å². The number of methoxy groups -OCH3 is 1. The van der Waals surface area contributed by atoms with Gasteiger partial charge in [0, 0.05) is 19.7 Å². The van der Waals surface area contributed by atoms with Crippen molar-refractivity contribution >= 4 is 13.1 Å². The minimum absolute atomic E-state index is 0.441. The molecule has 2 atom stereocenters. The first kappa shape index (κ1) is 21.3. The van der Waals surface area contributed by atoms with E-state index in [1.807, 2.05) is 6.92 Å². The first-order valence-corrected chi connectivity index (χ1v) is 7.99. The minimum Gasteiger partial charge on any atom is -0.480 e. The molecule has 0 radical (unpaired) electrons. The van der Waals surface area contributed by atoms with E-state index in [4.69, 9.17) is 25.6 Å². The van der Waals surface area contributed by atoms with E-state index in [1.165, 1.54) is 0 Å². The number of hydrogen-bond acceptors (Lipinski definition) is 6. The minimum atomic E-state index is -1.10. The molecule has 0 aromatic heterocycles. The number of carboxylic acids is 1. The molecule has 0 bridgehead atoms. The lowest BCUT2D eigenvalue weighted by molar-refractivity contribution is -0.138. The van der Waals surface area contributed by atoms with Crippen molar-refractivity contribution in [1.82, 2.24) is 4.90 Å². The van der Waals surface area contributed by atoms with E-state index in [-0.39, 0.29) is 0 Å². The van der Waals surface area contributed by atoms with Gasteiger partial charge in [0.05, 0.1) is 6.61 Å². The molecule has 8 heteroatoms. The Morgan fingerprint density at radius 1 is 1.50 bits per heavy atom. The Balaban J connectivity index is 0.000000534. The number of ether oxygens (including phenoxy) is 1. The number of nitrogens with two attached hydrogens (primary N) is 1. The Morgan fingerprint density at radius 3 is 2.64 bits per heavy atom. The fourth-order valence-corrected chi connectivity index (χ4v) is 2.39. The molecule has 130 valence electrons. The van der Waals surface area contributed by atoms with Crippen LogP contribution in [-0.4, -0.2) is 72.0 Å². The third-order valence-electron chi connectivity index (χ3n) is 3.72. The Bertz CT molecular complexity index is 294. The van der Waals surface area contributed by atoms with E-state index in [2.05, 4.69) is 4.90 Å². The van der Waals surface area contributed by atoms with Gasteiger partial charge in [-0.2, -0.15) is 0 Å². The highest BCUT2D eigenvalue weighted by Crippen LogP contribution is 2.17. The molecule has 1 aliphatic heterocycles.